The predicted octanol–water partition coefficient (Wildman–Crippen LogP) is 12.6. The quantitative estimate of drug-likeness (QED) is 0.178. The van der Waals surface area contributed by atoms with Gasteiger partial charge in [0.05, 0.1) is 56.6 Å². The number of hydrogen-bond acceptors (Lipinski definition) is 0. The lowest BCUT2D eigenvalue weighted by atomic mass is 10.0. The smallest absolute Gasteiger partial charge is 0.0782 e. The molecule has 0 aliphatic heterocycles. The Morgan fingerprint density at radius 2 is 0.882 bits per heavy atom. The standard InChI is InChI=1S/C48H31N3/c1-3-14-34(15-4-1)49-42-22-10-8-19-37(42)40-30-32(26-28-45(40)49)33-27-29-46-41(31-33)38-20-9-12-24-44(38)51(46)47-25-13-21-39-36-18-7-11-23-43(36)50(48(39)47)35-16-5-2-6-17-35/h1-31H/i8D,9D,10D,12D,19D,20D,22D,26D,27D,28D,29D,30D,31D. The molecule has 0 radical (unpaired) electrons. The number of nitrogens with zero attached hydrogens (tertiary/aromatic N) is 3. The van der Waals surface area contributed by atoms with Crippen LogP contribution in [-0.2, 0) is 0 Å². The third-order valence-corrected chi connectivity index (χ3v) is 9.58. The lowest BCUT2D eigenvalue weighted by Crippen LogP contribution is -2.00. The molecule has 3 aromatic heterocycles. The van der Waals surface area contributed by atoms with E-state index in [2.05, 4.69) is 4.57 Å². The fourth-order valence-electron chi connectivity index (χ4n) is 7.45. The van der Waals surface area contributed by atoms with Crippen LogP contribution in [0.2, 0.25) is 0 Å². The van der Waals surface area contributed by atoms with Gasteiger partial charge in [-0.2, -0.15) is 0 Å². The van der Waals surface area contributed by atoms with Gasteiger partial charge in [-0.15, -0.1) is 0 Å². The lowest BCUT2D eigenvalue weighted by molar-refractivity contribution is 1.13. The van der Waals surface area contributed by atoms with E-state index in [1.165, 1.54) is 10.6 Å². The van der Waals surface area contributed by atoms with Crippen LogP contribution >= 0.6 is 0 Å². The molecule has 0 saturated carbocycles. The molecular weight excluding hydrogens is 619 g/mol. The summed E-state index contributed by atoms with van der Waals surface area (Å²) in [4.78, 5) is 0. The number of benzene rings is 8. The summed E-state index contributed by atoms with van der Waals surface area (Å²) in [6, 6.07) is 27.1. The van der Waals surface area contributed by atoms with Crippen LogP contribution in [-0.4, -0.2) is 13.7 Å². The monoisotopic (exact) mass is 662 g/mol. The highest BCUT2D eigenvalue weighted by Crippen LogP contribution is 2.41. The van der Waals surface area contributed by atoms with E-state index >= 15 is 0 Å². The fourth-order valence-corrected chi connectivity index (χ4v) is 7.45. The van der Waals surface area contributed by atoms with E-state index < -0.39 is 72.5 Å². The minimum absolute atomic E-state index is 0.0160. The SMILES string of the molecule is [2H]c1cc2c(c([2H])c1[2H])c1c([2H])c(-c3c([2H])c([2H])c4c(c3[2H])c3c([2H])c([2H])c([2H])c([2H])c3n4-c3ccccc3)c([2H])c([2H])c1n2-c1cccc2c3ccccc3n(-c3ccccc3)c12. The summed E-state index contributed by atoms with van der Waals surface area (Å²) in [7, 11) is 0. The van der Waals surface area contributed by atoms with Gasteiger partial charge in [-0.05, 0) is 83.8 Å². The zero-order valence-corrected chi connectivity index (χ0v) is 26.7. The van der Waals surface area contributed by atoms with E-state index in [9.17, 15) is 9.60 Å². The van der Waals surface area contributed by atoms with E-state index in [1.807, 2.05) is 72.8 Å². The van der Waals surface area contributed by atoms with Crippen molar-refractivity contribution in [2.75, 3.05) is 0 Å². The molecule has 0 unspecified atom stereocenters. The van der Waals surface area contributed by atoms with Crippen molar-refractivity contribution >= 4 is 65.4 Å². The van der Waals surface area contributed by atoms with Gasteiger partial charge in [0.25, 0.3) is 0 Å². The average Bonchev–Trinajstić information content (AvgIpc) is 3.97. The molecule has 0 aliphatic rings. The van der Waals surface area contributed by atoms with Gasteiger partial charge in [-0.25, -0.2) is 0 Å². The molecule has 0 aliphatic carbocycles. The Morgan fingerprint density at radius 3 is 1.63 bits per heavy atom. The van der Waals surface area contributed by atoms with Crippen LogP contribution in [0.5, 0.6) is 0 Å². The van der Waals surface area contributed by atoms with E-state index in [-0.39, 0.29) is 60.8 Å². The van der Waals surface area contributed by atoms with Gasteiger partial charge < -0.3 is 13.7 Å². The normalized spacial score (nSPS) is 15.5. The molecule has 0 N–H and O–H groups in total. The minimum Gasteiger partial charge on any atom is -0.309 e. The van der Waals surface area contributed by atoms with Crippen molar-refractivity contribution < 1.29 is 17.8 Å². The van der Waals surface area contributed by atoms with E-state index in [0.29, 0.717) is 16.9 Å². The van der Waals surface area contributed by atoms with Gasteiger partial charge >= 0.3 is 0 Å². The largest absolute Gasteiger partial charge is 0.309 e. The first kappa shape index (κ1) is 18.2. The molecular formula is C48H31N3. The second-order valence-corrected chi connectivity index (χ2v) is 12.3. The summed E-state index contributed by atoms with van der Waals surface area (Å²) in [6.07, 6.45) is 0. The maximum Gasteiger partial charge on any atom is 0.0782 e. The van der Waals surface area contributed by atoms with Crippen LogP contribution < -0.4 is 0 Å². The van der Waals surface area contributed by atoms with Crippen molar-refractivity contribution in [3.63, 3.8) is 0 Å². The molecule has 11 aromatic rings. The first-order chi connectivity index (χ1) is 30.8. The van der Waals surface area contributed by atoms with E-state index in [4.69, 9.17) is 8.22 Å². The highest BCUT2D eigenvalue weighted by atomic mass is 15.1. The summed E-state index contributed by atoms with van der Waals surface area (Å²) < 4.78 is 125. The summed E-state index contributed by atoms with van der Waals surface area (Å²) in [5, 5.41) is 1.63. The topological polar surface area (TPSA) is 14.8 Å². The highest BCUT2D eigenvalue weighted by molar-refractivity contribution is 6.16. The van der Waals surface area contributed by atoms with Gasteiger partial charge in [0.15, 0.2) is 0 Å². The predicted molar refractivity (Wildman–Crippen MR) is 215 cm³/mol. The summed E-state index contributed by atoms with van der Waals surface area (Å²) in [5.74, 6) is 0. The third-order valence-electron chi connectivity index (χ3n) is 9.58. The maximum absolute atomic E-state index is 9.97. The molecule has 0 saturated heterocycles. The zero-order chi connectivity index (χ0) is 44.8. The lowest BCUT2D eigenvalue weighted by Gasteiger charge is -2.14. The average molecular weight is 663 g/mol. The van der Waals surface area contributed by atoms with Gasteiger partial charge in [-0.1, -0.05) is 115 Å². The summed E-state index contributed by atoms with van der Waals surface area (Å²) in [6.45, 7) is 0. The minimum atomic E-state index is -0.574. The Balaban J connectivity index is 1.32. The van der Waals surface area contributed by atoms with Crippen molar-refractivity contribution in [3.8, 4) is 28.2 Å². The molecule has 0 amide bonds. The Bertz CT molecular complexity index is 3870. The molecule has 3 nitrogen and oxygen atoms in total. The van der Waals surface area contributed by atoms with Crippen molar-refractivity contribution in [3.05, 3.63) is 188 Å². The number of hydrogen-bond donors (Lipinski definition) is 0. The number of para-hydroxylation sites is 6. The summed E-state index contributed by atoms with van der Waals surface area (Å²) >= 11 is 0. The van der Waals surface area contributed by atoms with Crippen molar-refractivity contribution in [1.82, 2.24) is 13.7 Å². The molecule has 3 heterocycles. The molecule has 238 valence electrons. The van der Waals surface area contributed by atoms with Crippen molar-refractivity contribution in [2.45, 2.75) is 0 Å². The molecule has 0 bridgehead atoms. The van der Waals surface area contributed by atoms with Gasteiger partial charge in [0.1, 0.15) is 0 Å². The highest BCUT2D eigenvalue weighted by Gasteiger charge is 2.20. The van der Waals surface area contributed by atoms with Gasteiger partial charge in [0, 0.05) is 43.7 Å². The Hall–Kier alpha value is -6.84. The molecule has 0 fully saturated rings. The van der Waals surface area contributed by atoms with E-state index in [0.717, 1.165) is 22.0 Å². The van der Waals surface area contributed by atoms with Crippen molar-refractivity contribution in [1.29, 1.82) is 0 Å². The van der Waals surface area contributed by atoms with E-state index in [1.54, 1.807) is 34.9 Å². The number of rotatable bonds is 4. The van der Waals surface area contributed by atoms with Crippen LogP contribution in [0, 0.1) is 0 Å². The number of fused-ring (bicyclic) bond motifs is 9. The first-order valence-electron chi connectivity index (χ1n) is 23.0. The molecule has 11 rings (SSSR count). The zero-order valence-electron chi connectivity index (χ0n) is 39.7. The second kappa shape index (κ2) is 10.8. The van der Waals surface area contributed by atoms with Gasteiger partial charge in [0.2, 0.25) is 0 Å². The van der Waals surface area contributed by atoms with Gasteiger partial charge in [-0.3, -0.25) is 0 Å². The van der Waals surface area contributed by atoms with Crippen LogP contribution in [0.25, 0.3) is 93.6 Å². The summed E-state index contributed by atoms with van der Waals surface area (Å²) in [5.41, 5.74) is 2.82. The first-order valence-corrected chi connectivity index (χ1v) is 16.5. The fraction of sp³-hybridized carbons (Fsp3) is 0. The van der Waals surface area contributed by atoms with Crippen LogP contribution in [0.3, 0.4) is 0 Å². The third kappa shape index (κ3) is 4.06. The van der Waals surface area contributed by atoms with Crippen LogP contribution in [0.15, 0.2) is 188 Å². The Kier molecular flexibility index (Phi) is 3.87. The second-order valence-electron chi connectivity index (χ2n) is 12.3. The molecule has 8 aromatic carbocycles. The number of aromatic nitrogens is 3. The molecule has 3 heteroatoms. The van der Waals surface area contributed by atoms with Crippen molar-refractivity contribution in [2.24, 2.45) is 0 Å². The van der Waals surface area contributed by atoms with Crippen LogP contribution in [0.1, 0.15) is 17.8 Å². The molecule has 0 atom stereocenters. The molecule has 0 spiro atoms. The van der Waals surface area contributed by atoms with Crippen LogP contribution in [0.4, 0.5) is 0 Å². The Morgan fingerprint density at radius 1 is 0.333 bits per heavy atom. The maximum atomic E-state index is 9.97. The molecule has 51 heavy (non-hydrogen) atoms. The Labute approximate surface area is 312 Å².